The minimum Gasteiger partial charge on any atom is -0.393 e. The van der Waals surface area contributed by atoms with Crippen molar-refractivity contribution < 1.29 is 4.74 Å². The third kappa shape index (κ3) is 1.85. The molecular weight excluding hydrogens is 184 g/mol. The molecule has 1 unspecified atom stereocenters. The zero-order chi connectivity index (χ0) is 10.1. The lowest BCUT2D eigenvalue weighted by atomic mass is 10.2. The van der Waals surface area contributed by atoms with Crippen LogP contribution in [0.5, 0.6) is 0 Å². The van der Waals surface area contributed by atoms with Crippen LogP contribution >= 0.6 is 0 Å². The summed E-state index contributed by atoms with van der Waals surface area (Å²) in [6.45, 7) is 0.790. The Bertz CT molecular complexity index is 397. The Morgan fingerprint density at radius 3 is 2.93 bits per heavy atom. The molecule has 2 heterocycles. The first-order valence-electron chi connectivity index (χ1n) is 4.42. The van der Waals surface area contributed by atoms with E-state index in [1.54, 1.807) is 0 Å². The van der Waals surface area contributed by atoms with Crippen LogP contribution in [-0.2, 0) is 11.2 Å². The topological polar surface area (TPSA) is 110 Å². The molecule has 2 rings (SSSR count). The van der Waals surface area contributed by atoms with Gasteiger partial charge in [-0.2, -0.15) is 0 Å². The number of nitrogens with one attached hydrogen (secondary N) is 1. The van der Waals surface area contributed by atoms with Crippen LogP contribution in [-0.4, -0.2) is 22.7 Å². The van der Waals surface area contributed by atoms with Gasteiger partial charge in [-0.3, -0.25) is 9.78 Å². The molecule has 0 amide bonds. The Labute approximate surface area is 80.3 Å². The molecule has 1 aliphatic heterocycles. The van der Waals surface area contributed by atoms with Crippen LogP contribution < -0.4 is 17.0 Å². The van der Waals surface area contributed by atoms with E-state index in [0.29, 0.717) is 18.2 Å². The summed E-state index contributed by atoms with van der Waals surface area (Å²) in [7, 11) is 0. The zero-order valence-electron chi connectivity index (χ0n) is 7.62. The van der Waals surface area contributed by atoms with Gasteiger partial charge in [-0.25, -0.2) is 4.98 Å². The molecular formula is C8H12N4O2. The normalized spacial score (nSPS) is 19.6. The van der Waals surface area contributed by atoms with E-state index in [1.807, 2.05) is 0 Å². The monoisotopic (exact) mass is 196 g/mol. The number of aromatic amines is 1. The smallest absolute Gasteiger partial charge is 0.275 e. The van der Waals surface area contributed by atoms with Crippen LogP contribution in [0.25, 0.3) is 0 Å². The molecule has 5 N–H and O–H groups in total. The highest BCUT2D eigenvalue weighted by molar-refractivity contribution is 5.42. The minimum absolute atomic E-state index is 0.107. The van der Waals surface area contributed by atoms with Crippen molar-refractivity contribution in [1.82, 2.24) is 9.97 Å². The first-order chi connectivity index (χ1) is 6.66. The molecule has 1 aromatic heterocycles. The maximum Gasteiger partial charge on any atom is 0.275 e. The third-order valence-corrected chi connectivity index (χ3v) is 2.16. The standard InChI is InChI=1S/C8H12N4O2/c9-6-5(2-1-4-3-14-4)11-8(10)12-7(6)13/h4H,1-3,9H2,(H3,10,11,12,13). The molecule has 1 aliphatic rings. The van der Waals surface area contributed by atoms with Gasteiger partial charge in [-0.1, -0.05) is 0 Å². The van der Waals surface area contributed by atoms with Crippen molar-refractivity contribution in [2.24, 2.45) is 0 Å². The number of epoxide rings is 1. The van der Waals surface area contributed by atoms with Gasteiger partial charge in [0.1, 0.15) is 5.69 Å². The predicted octanol–water partition coefficient (Wildman–Crippen LogP) is -0.734. The molecule has 0 aliphatic carbocycles. The fourth-order valence-corrected chi connectivity index (χ4v) is 1.27. The van der Waals surface area contributed by atoms with Crippen molar-refractivity contribution in [2.75, 3.05) is 18.1 Å². The lowest BCUT2D eigenvalue weighted by Gasteiger charge is -2.03. The Hall–Kier alpha value is -1.56. The first-order valence-corrected chi connectivity index (χ1v) is 4.42. The van der Waals surface area contributed by atoms with Crippen LogP contribution in [0.15, 0.2) is 4.79 Å². The van der Waals surface area contributed by atoms with Crippen molar-refractivity contribution in [2.45, 2.75) is 18.9 Å². The maximum absolute atomic E-state index is 11.2. The molecule has 1 fully saturated rings. The van der Waals surface area contributed by atoms with E-state index >= 15 is 0 Å². The number of aromatic nitrogens is 2. The summed E-state index contributed by atoms with van der Waals surface area (Å²) in [4.78, 5) is 17.5. The van der Waals surface area contributed by atoms with E-state index in [2.05, 4.69) is 9.97 Å². The fraction of sp³-hybridized carbons (Fsp3) is 0.500. The highest BCUT2D eigenvalue weighted by Crippen LogP contribution is 2.17. The van der Waals surface area contributed by atoms with Gasteiger partial charge < -0.3 is 16.2 Å². The SMILES string of the molecule is Nc1nc(CCC2CO2)c(N)c(=O)[nH]1. The van der Waals surface area contributed by atoms with Gasteiger partial charge in [-0.05, 0) is 12.8 Å². The Morgan fingerprint density at radius 1 is 1.57 bits per heavy atom. The highest BCUT2D eigenvalue weighted by atomic mass is 16.6. The number of hydrogen-bond acceptors (Lipinski definition) is 5. The molecule has 6 heteroatoms. The summed E-state index contributed by atoms with van der Waals surface area (Å²) in [5, 5.41) is 0. The lowest BCUT2D eigenvalue weighted by Crippen LogP contribution is -2.18. The fourth-order valence-electron chi connectivity index (χ4n) is 1.27. The number of hydrogen-bond donors (Lipinski definition) is 3. The number of ether oxygens (including phenoxy) is 1. The summed E-state index contributed by atoms with van der Waals surface area (Å²) in [6, 6.07) is 0. The van der Waals surface area contributed by atoms with Gasteiger partial charge in [0.2, 0.25) is 5.95 Å². The third-order valence-electron chi connectivity index (χ3n) is 2.16. The summed E-state index contributed by atoms with van der Waals surface area (Å²) in [5.41, 5.74) is 11.3. The van der Waals surface area contributed by atoms with Crippen LogP contribution in [0.1, 0.15) is 12.1 Å². The highest BCUT2D eigenvalue weighted by Gasteiger charge is 2.22. The zero-order valence-corrected chi connectivity index (χ0v) is 7.62. The van der Waals surface area contributed by atoms with Gasteiger partial charge in [-0.15, -0.1) is 0 Å². The number of nitrogen functional groups attached to an aromatic ring is 2. The average Bonchev–Trinajstić information content (AvgIpc) is 2.92. The summed E-state index contributed by atoms with van der Waals surface area (Å²) in [6.07, 6.45) is 1.77. The number of nitrogens with two attached hydrogens (primary N) is 2. The second-order valence-electron chi connectivity index (χ2n) is 3.31. The second-order valence-corrected chi connectivity index (χ2v) is 3.31. The van der Waals surface area contributed by atoms with Gasteiger partial charge in [0.25, 0.3) is 5.56 Å². The van der Waals surface area contributed by atoms with Crippen molar-refractivity contribution in [3.63, 3.8) is 0 Å². The number of H-pyrrole nitrogens is 1. The van der Waals surface area contributed by atoms with Crippen molar-refractivity contribution in [3.8, 4) is 0 Å². The number of rotatable bonds is 3. The molecule has 0 bridgehead atoms. The predicted molar refractivity (Wildman–Crippen MR) is 51.7 cm³/mol. The van der Waals surface area contributed by atoms with Crippen molar-refractivity contribution in [1.29, 1.82) is 0 Å². The number of anilines is 2. The molecule has 76 valence electrons. The summed E-state index contributed by atoms with van der Waals surface area (Å²) < 4.78 is 5.04. The van der Waals surface area contributed by atoms with E-state index < -0.39 is 0 Å². The van der Waals surface area contributed by atoms with E-state index in [0.717, 1.165) is 13.0 Å². The number of aryl methyl sites for hydroxylation is 1. The lowest BCUT2D eigenvalue weighted by molar-refractivity contribution is 0.396. The van der Waals surface area contributed by atoms with E-state index in [1.165, 1.54) is 0 Å². The molecule has 0 aromatic carbocycles. The number of nitrogens with zero attached hydrogens (tertiary/aromatic N) is 1. The van der Waals surface area contributed by atoms with Gasteiger partial charge in [0, 0.05) is 0 Å². The van der Waals surface area contributed by atoms with Gasteiger partial charge in [0.05, 0.1) is 18.4 Å². The largest absolute Gasteiger partial charge is 0.393 e. The Morgan fingerprint density at radius 2 is 2.29 bits per heavy atom. The Balaban J connectivity index is 2.17. The molecule has 0 saturated carbocycles. The molecule has 1 aromatic rings. The first kappa shape index (κ1) is 9.01. The maximum atomic E-state index is 11.2. The van der Waals surface area contributed by atoms with Crippen LogP contribution in [0.3, 0.4) is 0 Å². The van der Waals surface area contributed by atoms with Gasteiger partial charge in [0.15, 0.2) is 0 Å². The molecule has 6 nitrogen and oxygen atoms in total. The van der Waals surface area contributed by atoms with E-state index in [4.69, 9.17) is 16.2 Å². The van der Waals surface area contributed by atoms with Crippen LogP contribution in [0.4, 0.5) is 11.6 Å². The second kappa shape index (κ2) is 3.30. The average molecular weight is 196 g/mol. The van der Waals surface area contributed by atoms with E-state index in [9.17, 15) is 4.79 Å². The van der Waals surface area contributed by atoms with Crippen molar-refractivity contribution in [3.05, 3.63) is 16.0 Å². The quantitative estimate of drug-likeness (QED) is 0.552. The van der Waals surface area contributed by atoms with Crippen LogP contribution in [0, 0.1) is 0 Å². The van der Waals surface area contributed by atoms with Crippen LogP contribution in [0.2, 0.25) is 0 Å². The van der Waals surface area contributed by atoms with Gasteiger partial charge >= 0.3 is 0 Å². The minimum atomic E-state index is -0.371. The van der Waals surface area contributed by atoms with Crippen molar-refractivity contribution >= 4 is 11.6 Å². The summed E-state index contributed by atoms with van der Waals surface area (Å²) >= 11 is 0. The molecule has 0 radical (unpaired) electrons. The molecule has 1 atom stereocenters. The molecule has 14 heavy (non-hydrogen) atoms. The Kier molecular flexibility index (Phi) is 2.12. The molecule has 1 saturated heterocycles. The van der Waals surface area contributed by atoms with E-state index in [-0.39, 0.29) is 17.2 Å². The summed E-state index contributed by atoms with van der Waals surface area (Å²) in [5.74, 6) is 0.107. The molecule has 0 spiro atoms.